The van der Waals surface area contributed by atoms with Crippen molar-refractivity contribution in [2.45, 2.75) is 69.0 Å². The van der Waals surface area contributed by atoms with Gasteiger partial charge in [-0.3, -0.25) is 4.79 Å². The lowest BCUT2D eigenvalue weighted by Crippen LogP contribution is -2.58. The van der Waals surface area contributed by atoms with E-state index in [0.717, 1.165) is 5.56 Å². The summed E-state index contributed by atoms with van der Waals surface area (Å²) in [6.45, 7) is 6.68. The van der Waals surface area contributed by atoms with Gasteiger partial charge in [0.05, 0.1) is 19.1 Å². The number of hydrogen-bond acceptors (Lipinski definition) is 7. The largest absolute Gasteiger partial charge is 0.497 e. The summed E-state index contributed by atoms with van der Waals surface area (Å²) in [5, 5.41) is 9.37. The zero-order valence-electron chi connectivity index (χ0n) is 27.8. The summed E-state index contributed by atoms with van der Waals surface area (Å²) in [6, 6.07) is 16.1. The number of benzene rings is 3. The number of nitrogens with one attached hydrogen (secondary N) is 3. The van der Waals surface area contributed by atoms with Gasteiger partial charge in [-0.15, -0.1) is 0 Å². The molecule has 1 aliphatic rings. The van der Waals surface area contributed by atoms with Gasteiger partial charge in [0.2, 0.25) is 15.9 Å². The summed E-state index contributed by atoms with van der Waals surface area (Å²) in [4.78, 5) is 26.4. The number of amides is 2. The third-order valence-electron chi connectivity index (χ3n) is 8.66. The van der Waals surface area contributed by atoms with Crippen molar-refractivity contribution in [1.82, 2.24) is 14.9 Å². The number of ether oxygens (including phenoxy) is 2. The van der Waals surface area contributed by atoms with Crippen LogP contribution in [0.2, 0.25) is 5.02 Å². The lowest BCUT2D eigenvalue weighted by Gasteiger charge is -2.40. The summed E-state index contributed by atoms with van der Waals surface area (Å²) < 4.78 is 54.4. The predicted molar refractivity (Wildman–Crippen MR) is 184 cm³/mol. The van der Waals surface area contributed by atoms with Crippen LogP contribution in [0.3, 0.4) is 0 Å². The third-order valence-corrected chi connectivity index (χ3v) is 11.0. The number of piperazine rings is 1. The van der Waals surface area contributed by atoms with Crippen LogP contribution in [0.4, 0.5) is 14.9 Å². The van der Waals surface area contributed by atoms with Gasteiger partial charge in [-0.25, -0.2) is 17.6 Å². The Morgan fingerprint density at radius 1 is 1.04 bits per heavy atom. The number of rotatable bonds is 13. The van der Waals surface area contributed by atoms with Gasteiger partial charge >= 0.3 is 6.09 Å². The Morgan fingerprint density at radius 3 is 2.35 bits per heavy atom. The van der Waals surface area contributed by atoms with E-state index in [1.807, 2.05) is 20.8 Å². The van der Waals surface area contributed by atoms with Crippen LogP contribution in [-0.4, -0.2) is 70.2 Å². The van der Waals surface area contributed by atoms with E-state index in [9.17, 15) is 18.0 Å². The molecule has 48 heavy (non-hydrogen) atoms. The van der Waals surface area contributed by atoms with Crippen molar-refractivity contribution in [2.24, 2.45) is 5.92 Å². The Bertz CT molecular complexity index is 1660. The Kier molecular flexibility index (Phi) is 12.8. The first-order chi connectivity index (χ1) is 22.9. The van der Waals surface area contributed by atoms with E-state index in [1.165, 1.54) is 38.5 Å². The molecule has 3 aromatic carbocycles. The molecule has 3 N–H and O–H groups in total. The number of alkyl carbamates (subject to hydrolysis) is 1. The number of carbonyl (C=O) groups excluding carboxylic acids is 2. The zero-order chi connectivity index (χ0) is 35.0. The molecular weight excluding hydrogens is 659 g/mol. The van der Waals surface area contributed by atoms with Crippen molar-refractivity contribution < 1.29 is 31.9 Å². The van der Waals surface area contributed by atoms with Crippen molar-refractivity contribution in [3.8, 4) is 5.75 Å². The maximum Gasteiger partial charge on any atom is 0.407 e. The highest BCUT2D eigenvalue weighted by Gasteiger charge is 2.38. The van der Waals surface area contributed by atoms with Gasteiger partial charge < -0.3 is 25.4 Å². The molecule has 0 radical (unpaired) electrons. The van der Waals surface area contributed by atoms with Crippen LogP contribution >= 0.6 is 11.6 Å². The quantitative estimate of drug-likeness (QED) is 0.201. The molecule has 1 heterocycles. The Hall–Kier alpha value is -3.71. The third kappa shape index (κ3) is 8.84. The van der Waals surface area contributed by atoms with Crippen LogP contribution in [0.25, 0.3) is 0 Å². The second-order valence-corrected chi connectivity index (χ2v) is 14.5. The van der Waals surface area contributed by atoms with E-state index in [4.69, 9.17) is 21.1 Å². The molecule has 1 fully saturated rings. The maximum atomic E-state index is 15.4. The van der Waals surface area contributed by atoms with Gasteiger partial charge in [0.1, 0.15) is 17.6 Å². The highest BCUT2D eigenvalue weighted by Crippen LogP contribution is 2.32. The van der Waals surface area contributed by atoms with Crippen LogP contribution in [0, 0.1) is 11.7 Å². The molecule has 0 bridgehead atoms. The van der Waals surface area contributed by atoms with E-state index in [1.54, 1.807) is 46.8 Å². The molecule has 2 amide bonds. The average Bonchev–Trinajstić information content (AvgIpc) is 3.06. The molecule has 1 saturated heterocycles. The fourth-order valence-electron chi connectivity index (χ4n) is 6.34. The first-order valence-electron chi connectivity index (χ1n) is 15.9. The predicted octanol–water partition coefficient (Wildman–Crippen LogP) is 5.96. The molecule has 10 nitrogen and oxygen atoms in total. The van der Waals surface area contributed by atoms with Crippen LogP contribution in [0.5, 0.6) is 5.75 Å². The molecule has 4 atom stereocenters. The number of methoxy groups -OCH3 is 2. The van der Waals surface area contributed by atoms with Gasteiger partial charge in [0.15, 0.2) is 0 Å². The molecule has 0 aliphatic carbocycles. The topological polar surface area (TPSA) is 126 Å². The number of halogens is 2. The maximum absolute atomic E-state index is 15.4. The van der Waals surface area contributed by atoms with E-state index < -0.39 is 39.8 Å². The monoisotopic (exact) mass is 702 g/mol. The summed E-state index contributed by atoms with van der Waals surface area (Å²) in [7, 11) is -1.09. The lowest BCUT2D eigenvalue weighted by atomic mass is 9.82. The fraction of sp³-hybridized carbons (Fsp3) is 0.429. The molecular formula is C35H44ClFN4O6S. The van der Waals surface area contributed by atoms with Gasteiger partial charge in [0, 0.05) is 47.4 Å². The molecule has 13 heteroatoms. The van der Waals surface area contributed by atoms with Crippen LogP contribution in [0.15, 0.2) is 71.6 Å². The van der Waals surface area contributed by atoms with Crippen LogP contribution in [0.1, 0.15) is 50.7 Å². The Balaban J connectivity index is 1.54. The molecule has 4 rings (SSSR count). The van der Waals surface area contributed by atoms with E-state index in [2.05, 4.69) is 16.0 Å². The number of carbonyl (C=O) groups is 2. The normalized spacial score (nSPS) is 18.2. The van der Waals surface area contributed by atoms with Gasteiger partial charge in [-0.2, -0.15) is 4.31 Å². The SMILES string of the molecule is COC(=O)N[C@H](C(=O)Nc1cccc(F)c1CCC[C@H]1CNC[C@H](C)N1S(=O)(=O)c1ccc(OC)cc1)[C@@H](c1ccc(Cl)cc1)C(C)C. The minimum absolute atomic E-state index is 0.0882. The van der Waals surface area contributed by atoms with E-state index in [-0.39, 0.29) is 40.6 Å². The summed E-state index contributed by atoms with van der Waals surface area (Å²) in [5.74, 6) is -1.03. The Morgan fingerprint density at radius 2 is 1.73 bits per heavy atom. The highest BCUT2D eigenvalue weighted by molar-refractivity contribution is 7.89. The molecule has 0 aromatic heterocycles. The second kappa shape index (κ2) is 16.6. The zero-order valence-corrected chi connectivity index (χ0v) is 29.4. The number of hydrogen-bond donors (Lipinski definition) is 3. The van der Waals surface area contributed by atoms with Crippen molar-refractivity contribution >= 4 is 39.3 Å². The fourth-order valence-corrected chi connectivity index (χ4v) is 8.31. The first-order valence-corrected chi connectivity index (χ1v) is 17.8. The second-order valence-electron chi connectivity index (χ2n) is 12.3. The Labute approximate surface area is 287 Å². The van der Waals surface area contributed by atoms with Crippen molar-refractivity contribution in [2.75, 3.05) is 32.6 Å². The smallest absolute Gasteiger partial charge is 0.407 e. The van der Waals surface area contributed by atoms with Gasteiger partial charge in [0.25, 0.3) is 0 Å². The van der Waals surface area contributed by atoms with Crippen molar-refractivity contribution in [1.29, 1.82) is 0 Å². The molecule has 0 unspecified atom stereocenters. The molecule has 260 valence electrons. The van der Waals surface area contributed by atoms with Gasteiger partial charge in [-0.1, -0.05) is 43.6 Å². The lowest BCUT2D eigenvalue weighted by molar-refractivity contribution is -0.118. The molecule has 0 spiro atoms. The van der Waals surface area contributed by atoms with Gasteiger partial charge in [-0.05, 0) is 86.2 Å². The van der Waals surface area contributed by atoms with E-state index >= 15 is 4.39 Å². The average molecular weight is 703 g/mol. The highest BCUT2D eigenvalue weighted by atomic mass is 35.5. The van der Waals surface area contributed by atoms with E-state index in [0.29, 0.717) is 36.7 Å². The first kappa shape index (κ1) is 37.1. The number of anilines is 1. The number of sulfonamides is 1. The standard InChI is InChI=1S/C35H44ClFN4O6S/c1-22(2)32(24-12-14-25(36)15-13-24)33(40-35(43)47-5)34(42)39-31-11-7-10-30(37)29(31)9-6-8-26-21-38-20-23(3)41(26)48(44,45)28-18-16-27(46-4)17-19-28/h7,10-19,22-23,26,32-33,38H,6,8-9,20-21H2,1-5H3,(H,39,42)(H,40,43)/t23-,26-,32+,33-/m0/s1. The summed E-state index contributed by atoms with van der Waals surface area (Å²) >= 11 is 6.11. The minimum Gasteiger partial charge on any atom is -0.497 e. The van der Waals surface area contributed by atoms with Crippen LogP contribution < -0.4 is 20.7 Å². The van der Waals surface area contributed by atoms with Crippen molar-refractivity contribution in [3.05, 3.63) is 88.7 Å². The number of nitrogens with zero attached hydrogens (tertiary/aromatic N) is 1. The minimum atomic E-state index is -3.82. The summed E-state index contributed by atoms with van der Waals surface area (Å²) in [5.41, 5.74) is 1.35. The molecule has 3 aromatic rings. The molecule has 1 aliphatic heterocycles. The van der Waals surface area contributed by atoms with Crippen molar-refractivity contribution in [3.63, 3.8) is 0 Å². The van der Waals surface area contributed by atoms with Crippen LogP contribution in [-0.2, 0) is 26.0 Å². The summed E-state index contributed by atoms with van der Waals surface area (Å²) in [6.07, 6.45) is 0.357. The molecule has 0 saturated carbocycles.